The molecule has 0 aliphatic heterocycles. The van der Waals surface area contributed by atoms with Crippen LogP contribution < -0.4 is 38.5 Å². The molecule has 0 spiro atoms. The number of anilines is 3. The van der Waals surface area contributed by atoms with Gasteiger partial charge in [-0.2, -0.15) is 0 Å². The molecule has 3 heterocycles. The fraction of sp³-hybridized carbons (Fsp3) is 0.220. The lowest BCUT2D eigenvalue weighted by Gasteiger charge is -2.18. The minimum Gasteiger partial charge on any atom is -0.387 e. The van der Waals surface area contributed by atoms with Gasteiger partial charge in [-0.1, -0.05) is 0 Å². The molecule has 19 heteroatoms. The predicted molar refractivity (Wildman–Crippen MR) is 288 cm³/mol. The molecular weight excluding hydrogens is 954 g/mol. The zero-order valence-corrected chi connectivity index (χ0v) is 41.0. The Hall–Kier alpha value is -6.80. The Kier molecular flexibility index (Phi) is 16.7. The van der Waals surface area contributed by atoms with Crippen molar-refractivity contribution >= 4 is 98.1 Å². The maximum absolute atomic E-state index is 14.5. The van der Waals surface area contributed by atoms with Crippen LogP contribution in [0.15, 0.2) is 102 Å². The first-order chi connectivity index (χ1) is 33.2. The van der Waals surface area contributed by atoms with E-state index in [1.807, 2.05) is 36.4 Å². The van der Waals surface area contributed by atoms with Crippen LogP contribution in [0, 0.1) is 17.5 Å². The molecule has 6 aromatic rings. The van der Waals surface area contributed by atoms with Crippen LogP contribution in [0.25, 0.3) is 33.4 Å². The number of fused-ring (bicyclic) bond motifs is 3. The van der Waals surface area contributed by atoms with Crippen molar-refractivity contribution in [2.24, 2.45) is 27.2 Å². The van der Waals surface area contributed by atoms with E-state index in [4.69, 9.17) is 66.1 Å². The third-order valence-electron chi connectivity index (χ3n) is 11.6. The Labute approximate surface area is 420 Å². The summed E-state index contributed by atoms with van der Waals surface area (Å²) in [5, 5.41) is 13.0. The number of nitrogens with one attached hydrogen (secondary N) is 4. The molecule has 0 unspecified atom stereocenters. The van der Waals surface area contributed by atoms with Gasteiger partial charge < -0.3 is 38.5 Å². The first-order valence-electron chi connectivity index (χ1n) is 22.0. The maximum Gasteiger partial charge on any atom is 0.198 e. The van der Waals surface area contributed by atoms with Gasteiger partial charge in [0, 0.05) is 53.9 Å². The minimum atomic E-state index is -0.178. The molecule has 69 heavy (non-hydrogen) atoms. The maximum atomic E-state index is 14.5. The highest BCUT2D eigenvalue weighted by Crippen LogP contribution is 2.42. The summed E-state index contributed by atoms with van der Waals surface area (Å²) in [5.74, 6) is 0.474. The summed E-state index contributed by atoms with van der Waals surface area (Å²) in [6, 6.07) is 15.8. The number of rotatable bonds is 6. The Balaban J connectivity index is 0.000000153. The van der Waals surface area contributed by atoms with Crippen LogP contribution in [0.3, 0.4) is 0 Å². The molecule has 0 saturated heterocycles. The normalized spacial score (nSPS) is 13.3. The van der Waals surface area contributed by atoms with Crippen LogP contribution >= 0.6 is 48.9 Å². The molecule has 3 aliphatic rings. The van der Waals surface area contributed by atoms with E-state index in [1.165, 1.54) is 0 Å². The largest absolute Gasteiger partial charge is 0.387 e. The van der Waals surface area contributed by atoms with Gasteiger partial charge in [-0.05, 0) is 225 Å². The lowest BCUT2D eigenvalue weighted by Crippen LogP contribution is -2.38. The highest BCUT2D eigenvalue weighted by molar-refractivity contribution is 7.82. The molecule has 0 bridgehead atoms. The van der Waals surface area contributed by atoms with Crippen molar-refractivity contribution in [3.05, 3.63) is 143 Å². The lowest BCUT2D eigenvalue weighted by atomic mass is 9.97. The standard InChI is InChI=1S/2C17H17FN4S.C16H15FN4S2/c1-10(22-17(19)23)21-16-13-4-2-3-12(13)15(18)9-14(16)11-5-7-20-8-6-11;1-10(19)21-17(23)22-16-13-4-2-3-12(13)15(18)9-14(16)11-5-7-20-8-6-11;17-13-8-12(9-4-6-19-7-5-9)14(11-3-1-2-10(11)13)20-16(23)21-15(18)22/h2*5-9H,2-4H2,1H3,(H3,19,21,22,23);4-8H,1-3H2,(H4,18,20,21,22,23). The smallest absolute Gasteiger partial charge is 0.198 e. The van der Waals surface area contributed by atoms with Gasteiger partial charge in [-0.3, -0.25) is 15.0 Å². The Bertz CT molecular complexity index is 2990. The molecule has 0 saturated carbocycles. The van der Waals surface area contributed by atoms with Gasteiger partial charge in [0.2, 0.25) is 0 Å². The summed E-state index contributed by atoms with van der Waals surface area (Å²) >= 11 is 20.1. The molecule has 9 rings (SSSR count). The molecular formula is C50H49F3N12S4. The molecule has 0 amide bonds. The fourth-order valence-corrected chi connectivity index (χ4v) is 9.59. The number of amidine groups is 2. The van der Waals surface area contributed by atoms with Gasteiger partial charge in [-0.25, -0.2) is 23.2 Å². The number of hydrogen-bond acceptors (Lipinski definition) is 7. The average Bonchev–Trinajstić information content (AvgIpc) is 4.13. The number of aliphatic imine (C=N–C) groups is 2. The Morgan fingerprint density at radius 1 is 0.507 bits per heavy atom. The second kappa shape index (κ2) is 23.0. The molecule has 12 nitrogen and oxygen atoms in total. The summed E-state index contributed by atoms with van der Waals surface area (Å²) in [6.07, 6.45) is 17.6. The van der Waals surface area contributed by atoms with Gasteiger partial charge >= 0.3 is 0 Å². The number of aromatic nitrogens is 3. The van der Waals surface area contributed by atoms with Crippen LogP contribution in [0.4, 0.5) is 30.2 Å². The minimum absolute atomic E-state index is 0.0687. The number of nitrogens with two attached hydrogens (primary N) is 3. The summed E-state index contributed by atoms with van der Waals surface area (Å²) in [7, 11) is 0. The highest BCUT2D eigenvalue weighted by atomic mass is 32.1. The number of thiocarbonyl (C=S) groups is 4. The summed E-state index contributed by atoms with van der Waals surface area (Å²) in [4.78, 5) is 20.2. The van der Waals surface area contributed by atoms with Crippen molar-refractivity contribution in [2.75, 3.05) is 16.0 Å². The van der Waals surface area contributed by atoms with Gasteiger partial charge in [0.25, 0.3) is 0 Å². The van der Waals surface area contributed by atoms with E-state index in [9.17, 15) is 13.2 Å². The lowest BCUT2D eigenvalue weighted by molar-refractivity contribution is 0.613. The Morgan fingerprint density at radius 3 is 1.20 bits per heavy atom. The second-order valence-corrected chi connectivity index (χ2v) is 17.9. The zero-order valence-electron chi connectivity index (χ0n) is 37.8. The average molecular weight is 1000 g/mol. The van der Waals surface area contributed by atoms with Crippen molar-refractivity contribution in [2.45, 2.75) is 71.6 Å². The first kappa shape index (κ1) is 50.1. The number of benzene rings is 3. The molecule has 3 aromatic heterocycles. The molecule has 0 radical (unpaired) electrons. The van der Waals surface area contributed by atoms with E-state index in [1.54, 1.807) is 69.2 Å². The van der Waals surface area contributed by atoms with E-state index in [0.717, 1.165) is 142 Å². The molecule has 0 fully saturated rings. The van der Waals surface area contributed by atoms with Crippen LogP contribution in [0.2, 0.25) is 0 Å². The van der Waals surface area contributed by atoms with Gasteiger partial charge in [0.05, 0.1) is 22.9 Å². The monoisotopic (exact) mass is 1000 g/mol. The van der Waals surface area contributed by atoms with Crippen molar-refractivity contribution in [1.82, 2.24) is 20.3 Å². The molecule has 3 aliphatic carbocycles. The zero-order chi connectivity index (χ0) is 49.2. The quantitative estimate of drug-likeness (QED) is 0.0474. The fourth-order valence-electron chi connectivity index (χ4n) is 8.83. The molecule has 0 atom stereocenters. The second-order valence-electron chi connectivity index (χ2n) is 16.3. The number of hydrogen-bond donors (Lipinski definition) is 7. The number of halogens is 3. The summed E-state index contributed by atoms with van der Waals surface area (Å²) in [6.45, 7) is 3.47. The van der Waals surface area contributed by atoms with E-state index in [2.05, 4.69) is 46.2 Å². The van der Waals surface area contributed by atoms with E-state index < -0.39 is 0 Å². The van der Waals surface area contributed by atoms with Crippen molar-refractivity contribution < 1.29 is 13.2 Å². The van der Waals surface area contributed by atoms with Gasteiger partial charge in [0.1, 0.15) is 23.3 Å². The first-order valence-corrected chi connectivity index (χ1v) is 23.7. The molecule has 3 aromatic carbocycles. The van der Waals surface area contributed by atoms with Crippen LogP contribution in [-0.2, 0) is 38.5 Å². The van der Waals surface area contributed by atoms with Crippen molar-refractivity contribution in [1.29, 1.82) is 0 Å². The van der Waals surface area contributed by atoms with Crippen molar-refractivity contribution in [3.63, 3.8) is 0 Å². The Morgan fingerprint density at radius 2 is 0.855 bits per heavy atom. The van der Waals surface area contributed by atoms with Gasteiger partial charge in [0.15, 0.2) is 20.4 Å². The van der Waals surface area contributed by atoms with E-state index >= 15 is 0 Å². The topological polar surface area (TPSA) is 190 Å². The van der Waals surface area contributed by atoms with Crippen molar-refractivity contribution in [3.8, 4) is 33.4 Å². The van der Waals surface area contributed by atoms with E-state index in [-0.39, 0.29) is 32.8 Å². The third kappa shape index (κ3) is 12.5. The number of nitrogens with zero attached hydrogens (tertiary/aromatic N) is 5. The van der Waals surface area contributed by atoms with Crippen LogP contribution in [0.5, 0.6) is 0 Å². The highest BCUT2D eigenvalue weighted by Gasteiger charge is 2.26. The van der Waals surface area contributed by atoms with Gasteiger partial charge in [-0.15, -0.1) is 0 Å². The summed E-state index contributed by atoms with van der Waals surface area (Å²) in [5.41, 5.74) is 29.2. The number of pyridine rings is 3. The van der Waals surface area contributed by atoms with Crippen LogP contribution in [0.1, 0.15) is 66.5 Å². The third-order valence-corrected chi connectivity index (χ3v) is 12.2. The SMILES string of the molecule is CC(=NC(N)=S)Nc1c(-c2ccncc2)cc(F)c2c1CCC2.CC(N)=NC(=S)Nc1c(-c2ccncc2)cc(F)c2c1CCC2.NC(=S)NC(=S)Nc1c(-c2ccncc2)cc(F)c2c1CCC2. The predicted octanol–water partition coefficient (Wildman–Crippen LogP) is 9.81. The van der Waals surface area contributed by atoms with Crippen LogP contribution in [-0.4, -0.2) is 47.1 Å². The summed E-state index contributed by atoms with van der Waals surface area (Å²) < 4.78 is 43.3. The molecule has 354 valence electrons. The van der Waals surface area contributed by atoms with E-state index in [0.29, 0.717) is 16.8 Å². The molecule has 10 N–H and O–H groups in total.